The molecule has 0 aliphatic heterocycles. The zero-order chi connectivity index (χ0) is 37.3. The van der Waals surface area contributed by atoms with Crippen molar-refractivity contribution in [2.45, 2.75) is 39.2 Å². The maximum Gasteiger partial charge on any atom is 0.335 e. The molecular weight excluding hydrogens is 677 g/mol. The number of pyridine rings is 4. The highest BCUT2D eigenvalue weighted by Gasteiger charge is 2.14. The van der Waals surface area contributed by atoms with Gasteiger partial charge in [-0.1, -0.05) is 48.5 Å². The number of carboxylic acids is 2. The van der Waals surface area contributed by atoms with Gasteiger partial charge in [-0.25, -0.2) is 19.6 Å². The van der Waals surface area contributed by atoms with E-state index in [9.17, 15) is 19.8 Å². The van der Waals surface area contributed by atoms with E-state index >= 15 is 0 Å². The van der Waals surface area contributed by atoms with Gasteiger partial charge in [0, 0.05) is 40.5 Å². The van der Waals surface area contributed by atoms with Gasteiger partial charge in [0.2, 0.25) is 0 Å². The molecule has 0 aliphatic rings. The van der Waals surface area contributed by atoms with Crippen LogP contribution in [0.15, 0.2) is 109 Å². The van der Waals surface area contributed by atoms with Crippen molar-refractivity contribution in [1.29, 1.82) is 0 Å². The highest BCUT2D eigenvalue weighted by atomic mass is 16.4. The molecule has 8 aromatic rings. The highest BCUT2D eigenvalue weighted by molar-refractivity contribution is 6.09. The zero-order valence-electron chi connectivity index (χ0n) is 29.5. The average Bonchev–Trinajstić information content (AvgIpc) is 3.18. The first-order chi connectivity index (χ1) is 26.2. The first-order valence-electron chi connectivity index (χ1n) is 17.7. The van der Waals surface area contributed by atoms with Crippen LogP contribution in [-0.2, 0) is 32.2 Å². The van der Waals surface area contributed by atoms with Crippen LogP contribution in [-0.4, -0.2) is 42.1 Å². The van der Waals surface area contributed by atoms with Crippen molar-refractivity contribution in [3.8, 4) is 0 Å². The summed E-state index contributed by atoms with van der Waals surface area (Å²) in [5, 5.41) is 26.0. The lowest BCUT2D eigenvalue weighted by atomic mass is 10.0. The third-order valence-electron chi connectivity index (χ3n) is 9.86. The summed E-state index contributed by atoms with van der Waals surface area (Å²) in [6.07, 6.45) is 6.60. The van der Waals surface area contributed by atoms with E-state index in [1.54, 1.807) is 30.3 Å². The molecule has 0 radical (unpaired) electrons. The fourth-order valence-electron chi connectivity index (χ4n) is 6.98. The number of rotatable bonds is 11. The lowest BCUT2D eigenvalue weighted by Crippen LogP contribution is -2.05. The number of aromatic nitrogens is 4. The van der Waals surface area contributed by atoms with Crippen molar-refractivity contribution >= 4 is 67.2 Å². The van der Waals surface area contributed by atoms with E-state index in [1.165, 1.54) is 0 Å². The van der Waals surface area contributed by atoms with Crippen LogP contribution in [0.2, 0.25) is 0 Å². The second-order valence-electron chi connectivity index (χ2n) is 13.7. The highest BCUT2D eigenvalue weighted by Crippen LogP contribution is 2.32. The van der Waals surface area contributed by atoms with Crippen LogP contribution >= 0.6 is 0 Å². The van der Waals surface area contributed by atoms with Gasteiger partial charge in [0.25, 0.3) is 0 Å². The van der Waals surface area contributed by atoms with Crippen molar-refractivity contribution in [3.63, 3.8) is 0 Å². The number of fused-ring (bicyclic) bond motifs is 6. The summed E-state index contributed by atoms with van der Waals surface area (Å²) in [6.45, 7) is 2.53. The van der Waals surface area contributed by atoms with Crippen LogP contribution in [0.25, 0.3) is 43.6 Å². The predicted octanol–water partition coefficient (Wildman–Crippen LogP) is 8.35. The minimum Gasteiger partial charge on any atom is -0.478 e. The second-order valence-corrected chi connectivity index (χ2v) is 13.7. The molecular formula is C44H36N6O4. The van der Waals surface area contributed by atoms with Crippen LogP contribution in [0.1, 0.15) is 54.1 Å². The van der Waals surface area contributed by atoms with Crippen LogP contribution in [0.5, 0.6) is 0 Å². The summed E-state index contributed by atoms with van der Waals surface area (Å²) in [5.74, 6) is -0.819. The molecule has 0 aliphatic carbocycles. The molecule has 0 amide bonds. The molecule has 0 bridgehead atoms. The Kier molecular flexibility index (Phi) is 9.00. The Morgan fingerprint density at radius 2 is 1.20 bits per heavy atom. The number of aromatic carboxylic acids is 2. The number of carboxylic acid groups (broad SMARTS) is 2. The molecule has 0 saturated carbocycles. The smallest absolute Gasteiger partial charge is 0.335 e. The summed E-state index contributed by atoms with van der Waals surface area (Å²) in [7, 11) is 0. The van der Waals surface area contributed by atoms with Gasteiger partial charge in [0.05, 0.1) is 22.2 Å². The lowest BCUT2D eigenvalue weighted by molar-refractivity contribution is 0.0686. The number of nitrogen functional groups attached to an aromatic ring is 1. The Hall–Kier alpha value is -6.94. The number of benzene rings is 4. The molecule has 266 valence electrons. The van der Waals surface area contributed by atoms with Crippen molar-refractivity contribution in [2.24, 2.45) is 0 Å². The fourth-order valence-corrected chi connectivity index (χ4v) is 6.98. The molecule has 5 N–H and O–H groups in total. The minimum atomic E-state index is -0.936. The molecule has 4 aromatic carbocycles. The van der Waals surface area contributed by atoms with Crippen molar-refractivity contribution < 1.29 is 19.8 Å². The van der Waals surface area contributed by atoms with Gasteiger partial charge in [-0.3, -0.25) is 9.97 Å². The first kappa shape index (κ1) is 34.2. The van der Waals surface area contributed by atoms with E-state index in [1.807, 2.05) is 36.7 Å². The lowest BCUT2D eigenvalue weighted by Gasteiger charge is -2.14. The predicted molar refractivity (Wildman–Crippen MR) is 212 cm³/mol. The monoisotopic (exact) mass is 712 g/mol. The van der Waals surface area contributed by atoms with Gasteiger partial charge in [-0.15, -0.1) is 0 Å². The first-order valence-corrected chi connectivity index (χ1v) is 17.7. The number of carbonyl (C=O) groups is 2. The van der Waals surface area contributed by atoms with E-state index < -0.39 is 11.9 Å². The molecule has 10 nitrogen and oxygen atoms in total. The Labute approximate surface area is 310 Å². The van der Waals surface area contributed by atoms with E-state index in [2.05, 4.69) is 59.7 Å². The van der Waals surface area contributed by atoms with Gasteiger partial charge >= 0.3 is 11.9 Å². The molecule has 0 fully saturated rings. The second kappa shape index (κ2) is 14.2. The summed E-state index contributed by atoms with van der Waals surface area (Å²) in [4.78, 5) is 42.0. The summed E-state index contributed by atoms with van der Waals surface area (Å²) in [6, 6.07) is 30.7. The third-order valence-corrected chi connectivity index (χ3v) is 9.86. The third kappa shape index (κ3) is 6.97. The maximum absolute atomic E-state index is 11.5. The number of hydrogen-bond acceptors (Lipinski definition) is 8. The van der Waals surface area contributed by atoms with E-state index in [4.69, 9.17) is 20.7 Å². The molecule has 0 unspecified atom stereocenters. The number of nitrogens with zero attached hydrogens (tertiary/aromatic N) is 4. The number of nitrogens with two attached hydrogens (primary N) is 1. The molecule has 54 heavy (non-hydrogen) atoms. The van der Waals surface area contributed by atoms with E-state index in [0.717, 1.165) is 84.3 Å². The van der Waals surface area contributed by atoms with Crippen LogP contribution in [0.3, 0.4) is 0 Å². The Morgan fingerprint density at radius 1 is 0.593 bits per heavy atom. The minimum absolute atomic E-state index is 0.272. The summed E-state index contributed by atoms with van der Waals surface area (Å²) < 4.78 is 0. The Morgan fingerprint density at radius 3 is 1.93 bits per heavy atom. The Bertz CT molecular complexity index is 2770. The van der Waals surface area contributed by atoms with E-state index in [-0.39, 0.29) is 11.1 Å². The van der Waals surface area contributed by atoms with Crippen LogP contribution in [0.4, 0.5) is 11.6 Å². The van der Waals surface area contributed by atoms with Gasteiger partial charge in [0.15, 0.2) is 11.6 Å². The van der Waals surface area contributed by atoms with Crippen LogP contribution < -0.4 is 11.1 Å². The summed E-state index contributed by atoms with van der Waals surface area (Å²) >= 11 is 0. The topological polar surface area (TPSA) is 164 Å². The molecule has 0 atom stereocenters. The largest absolute Gasteiger partial charge is 0.478 e. The van der Waals surface area contributed by atoms with E-state index in [0.29, 0.717) is 36.5 Å². The number of nitrogens with one attached hydrogen (secondary N) is 1. The molecule has 4 aromatic heterocycles. The average molecular weight is 713 g/mol. The van der Waals surface area contributed by atoms with Gasteiger partial charge in [0.1, 0.15) is 11.0 Å². The van der Waals surface area contributed by atoms with Crippen molar-refractivity contribution in [1.82, 2.24) is 19.9 Å². The normalized spacial score (nSPS) is 11.4. The maximum atomic E-state index is 11.5. The molecule has 10 heteroatoms. The SMILES string of the molecule is Cc1ccc2c(c1)nc(NCc1ccc3c(c1)nc(N)c1ncc(CCc4ccc(C(=O)O)cc4)cc13)c1ncc(CCc3cccc(C(=O)O)c3)cc12. The molecule has 0 spiro atoms. The molecule has 8 rings (SSSR count). The van der Waals surface area contributed by atoms with Crippen molar-refractivity contribution in [3.05, 3.63) is 154 Å². The standard InChI is InChI=1S/C44H36N6O4/c1-25-5-15-33-36-20-29(9-7-27-3-2-4-32(18-27)44(53)54)23-47-40(36)42(50-37(33)17-25)48-24-30-12-16-34-35-19-28(22-46-39(35)41(45)49-38(34)21-30)8-6-26-10-13-31(14-11-26)43(51)52/h2-5,10-23H,6-9,24H2,1H3,(H2,45,49)(H,48,50)(H,51,52)(H,53,54). The quantitative estimate of drug-likeness (QED) is 0.0958. The Balaban J connectivity index is 1.05. The van der Waals surface area contributed by atoms with Gasteiger partial charge in [-0.05, 0) is 115 Å². The summed E-state index contributed by atoms with van der Waals surface area (Å²) in [5.41, 5.74) is 16.3. The zero-order valence-corrected chi connectivity index (χ0v) is 29.5. The van der Waals surface area contributed by atoms with Crippen LogP contribution in [0, 0.1) is 6.92 Å². The molecule has 0 saturated heterocycles. The van der Waals surface area contributed by atoms with Gasteiger partial charge < -0.3 is 21.3 Å². The number of hydrogen-bond donors (Lipinski definition) is 4. The van der Waals surface area contributed by atoms with Crippen molar-refractivity contribution in [2.75, 3.05) is 11.1 Å². The fraction of sp³-hybridized carbons (Fsp3) is 0.136. The molecule has 4 heterocycles. The van der Waals surface area contributed by atoms with Gasteiger partial charge in [-0.2, -0.15) is 0 Å². The number of aryl methyl sites for hydroxylation is 5. The number of anilines is 2.